The summed E-state index contributed by atoms with van der Waals surface area (Å²) in [7, 11) is 0. The van der Waals surface area contributed by atoms with Crippen molar-refractivity contribution in [1.82, 2.24) is 0 Å². The summed E-state index contributed by atoms with van der Waals surface area (Å²) >= 11 is 0. The number of nitrogens with zero attached hydrogens (tertiary/aromatic N) is 3. The normalized spacial score (nSPS) is 23.8. The third-order valence-electron chi connectivity index (χ3n) is 4.88. The van der Waals surface area contributed by atoms with Gasteiger partial charge in [0.05, 0.1) is 6.10 Å². The van der Waals surface area contributed by atoms with Crippen LogP contribution in [0.15, 0.2) is 17.8 Å². The molecule has 1 fully saturated rings. The van der Waals surface area contributed by atoms with Crippen LogP contribution in [0, 0.1) is 11.8 Å². The summed E-state index contributed by atoms with van der Waals surface area (Å²) in [5.41, 5.74) is 8.75. The fourth-order valence-corrected chi connectivity index (χ4v) is 3.68. The lowest BCUT2D eigenvalue weighted by molar-refractivity contribution is -0.131. The summed E-state index contributed by atoms with van der Waals surface area (Å²) in [5, 5.41) is 14.4. The van der Waals surface area contributed by atoms with Gasteiger partial charge in [0, 0.05) is 23.3 Å². The Balaban J connectivity index is 2.63. The molecule has 130 valence electrons. The van der Waals surface area contributed by atoms with E-state index in [0.717, 1.165) is 44.9 Å². The second kappa shape index (κ2) is 11.3. The van der Waals surface area contributed by atoms with E-state index in [4.69, 9.17) is 5.53 Å². The summed E-state index contributed by atoms with van der Waals surface area (Å²) in [6, 6.07) is -0.217. The lowest BCUT2D eigenvalue weighted by Gasteiger charge is -2.34. The minimum atomic E-state index is -0.713. The van der Waals surface area contributed by atoms with E-state index in [1.807, 2.05) is 6.08 Å². The quantitative estimate of drug-likeness (QED) is 0.192. The Morgan fingerprint density at radius 2 is 2.26 bits per heavy atom. The van der Waals surface area contributed by atoms with Crippen molar-refractivity contribution in [1.29, 1.82) is 0 Å². The monoisotopic (exact) mass is 321 g/mol. The fraction of sp³-hybridized carbons (Fsp3) is 0.833. The van der Waals surface area contributed by atoms with Crippen LogP contribution in [0.25, 0.3) is 10.4 Å². The van der Waals surface area contributed by atoms with Gasteiger partial charge >= 0.3 is 0 Å². The first-order valence-electron chi connectivity index (χ1n) is 8.99. The summed E-state index contributed by atoms with van der Waals surface area (Å²) in [6.07, 6.45) is 9.92. The standard InChI is InChI=1S/C18H31N3O2/c1-3-5-6-7-11-15(20-21-19)13-17(23)18-14(9-4-2)10-8-12-16(18)22/h4,14-15,17-18,23H,2-3,5-13H2,1H3/t14-,15-,17-,18+/m0/s1. The van der Waals surface area contributed by atoms with Gasteiger partial charge < -0.3 is 5.11 Å². The zero-order valence-electron chi connectivity index (χ0n) is 14.4. The van der Waals surface area contributed by atoms with Crippen molar-refractivity contribution in [2.75, 3.05) is 0 Å². The van der Waals surface area contributed by atoms with Crippen LogP contribution in [-0.4, -0.2) is 23.0 Å². The highest BCUT2D eigenvalue weighted by atomic mass is 16.3. The molecule has 1 rings (SSSR count). The van der Waals surface area contributed by atoms with Crippen LogP contribution in [-0.2, 0) is 4.79 Å². The molecule has 0 spiro atoms. The molecule has 0 amide bonds. The van der Waals surface area contributed by atoms with Crippen LogP contribution in [0.5, 0.6) is 0 Å². The first kappa shape index (κ1) is 19.7. The molecule has 1 saturated carbocycles. The summed E-state index contributed by atoms with van der Waals surface area (Å²) < 4.78 is 0. The molecule has 0 aromatic rings. The molecular formula is C18H31N3O2. The molecule has 0 heterocycles. The molecule has 1 aliphatic carbocycles. The van der Waals surface area contributed by atoms with Crippen molar-refractivity contribution in [2.45, 2.75) is 83.3 Å². The van der Waals surface area contributed by atoms with Gasteiger partial charge in [-0.2, -0.15) is 0 Å². The van der Waals surface area contributed by atoms with E-state index < -0.39 is 6.10 Å². The zero-order valence-corrected chi connectivity index (χ0v) is 14.4. The van der Waals surface area contributed by atoms with Crippen LogP contribution in [0.3, 0.4) is 0 Å². The highest BCUT2D eigenvalue weighted by Gasteiger charge is 2.36. The number of hydrogen-bond donors (Lipinski definition) is 1. The molecule has 1 aliphatic rings. The maximum atomic E-state index is 12.3. The predicted molar refractivity (Wildman–Crippen MR) is 93.0 cm³/mol. The Morgan fingerprint density at radius 1 is 1.48 bits per heavy atom. The molecule has 0 aliphatic heterocycles. The molecule has 0 aromatic heterocycles. The fourth-order valence-electron chi connectivity index (χ4n) is 3.68. The zero-order chi connectivity index (χ0) is 17.1. The van der Waals surface area contributed by atoms with Gasteiger partial charge in [0.1, 0.15) is 5.78 Å². The third kappa shape index (κ3) is 6.76. The van der Waals surface area contributed by atoms with Crippen LogP contribution >= 0.6 is 0 Å². The number of rotatable bonds is 11. The van der Waals surface area contributed by atoms with Gasteiger partial charge in [-0.3, -0.25) is 4.79 Å². The van der Waals surface area contributed by atoms with Gasteiger partial charge in [0.25, 0.3) is 0 Å². The molecule has 1 N–H and O–H groups in total. The van der Waals surface area contributed by atoms with Gasteiger partial charge in [0.2, 0.25) is 0 Å². The molecule has 23 heavy (non-hydrogen) atoms. The minimum Gasteiger partial charge on any atom is -0.392 e. The molecule has 0 saturated heterocycles. The largest absolute Gasteiger partial charge is 0.392 e. The van der Waals surface area contributed by atoms with Crippen LogP contribution < -0.4 is 0 Å². The number of aliphatic hydroxyl groups excluding tert-OH is 1. The number of allylic oxidation sites excluding steroid dienone is 1. The number of ketones is 1. The summed E-state index contributed by atoms with van der Waals surface area (Å²) in [6.45, 7) is 5.92. The second-order valence-corrected chi connectivity index (χ2v) is 6.68. The smallest absolute Gasteiger partial charge is 0.138 e. The van der Waals surface area contributed by atoms with Crippen molar-refractivity contribution < 1.29 is 9.90 Å². The topological polar surface area (TPSA) is 86.1 Å². The van der Waals surface area contributed by atoms with E-state index in [1.54, 1.807) is 0 Å². The second-order valence-electron chi connectivity index (χ2n) is 6.68. The number of unbranched alkanes of at least 4 members (excludes halogenated alkanes) is 3. The van der Waals surface area contributed by atoms with Gasteiger partial charge in [-0.25, -0.2) is 0 Å². The van der Waals surface area contributed by atoms with E-state index in [2.05, 4.69) is 23.5 Å². The Hall–Kier alpha value is -1.32. The Bertz CT molecular complexity index is 418. The predicted octanol–water partition coefficient (Wildman–Crippen LogP) is 4.95. The van der Waals surface area contributed by atoms with Gasteiger partial charge in [0.15, 0.2) is 0 Å². The molecule has 0 radical (unpaired) electrons. The maximum absolute atomic E-state index is 12.3. The van der Waals surface area contributed by atoms with Crippen LogP contribution in [0.4, 0.5) is 0 Å². The number of Topliss-reactive ketones (excluding diaryl/α,β-unsaturated/α-hetero) is 1. The van der Waals surface area contributed by atoms with Crippen LogP contribution in [0.2, 0.25) is 0 Å². The van der Waals surface area contributed by atoms with E-state index in [9.17, 15) is 9.90 Å². The van der Waals surface area contributed by atoms with E-state index in [1.165, 1.54) is 6.42 Å². The molecule has 0 aromatic carbocycles. The van der Waals surface area contributed by atoms with E-state index in [-0.39, 0.29) is 23.7 Å². The van der Waals surface area contributed by atoms with Crippen molar-refractivity contribution in [2.24, 2.45) is 17.0 Å². The highest BCUT2D eigenvalue weighted by Crippen LogP contribution is 2.34. The summed E-state index contributed by atoms with van der Waals surface area (Å²) in [4.78, 5) is 15.2. The number of carbonyl (C=O) groups is 1. The number of aliphatic hydroxyl groups is 1. The average Bonchev–Trinajstić information content (AvgIpc) is 2.52. The Morgan fingerprint density at radius 3 is 2.91 bits per heavy atom. The van der Waals surface area contributed by atoms with Gasteiger partial charge in [-0.05, 0) is 43.6 Å². The Kier molecular flexibility index (Phi) is 9.65. The lowest BCUT2D eigenvalue weighted by atomic mass is 9.72. The molecule has 4 atom stereocenters. The van der Waals surface area contributed by atoms with E-state index >= 15 is 0 Å². The van der Waals surface area contributed by atoms with Crippen LogP contribution in [0.1, 0.15) is 71.1 Å². The molecule has 5 heteroatoms. The lowest BCUT2D eigenvalue weighted by Crippen LogP contribution is -2.39. The SMILES string of the molecule is C=CC[C@H]1CCCC(=O)[C@@H]1[C@@H](O)C[C@H](CCCCCC)N=[N+]=[N-]. The van der Waals surface area contributed by atoms with Crippen molar-refractivity contribution in [3.8, 4) is 0 Å². The maximum Gasteiger partial charge on any atom is 0.138 e. The molecule has 5 nitrogen and oxygen atoms in total. The number of carbonyl (C=O) groups excluding carboxylic acids is 1. The van der Waals surface area contributed by atoms with Gasteiger partial charge in [-0.15, -0.1) is 6.58 Å². The molecule has 0 unspecified atom stereocenters. The van der Waals surface area contributed by atoms with Crippen molar-refractivity contribution >= 4 is 5.78 Å². The van der Waals surface area contributed by atoms with Crippen molar-refractivity contribution in [3.63, 3.8) is 0 Å². The first-order chi connectivity index (χ1) is 11.1. The van der Waals surface area contributed by atoms with Gasteiger partial charge in [-0.1, -0.05) is 43.8 Å². The van der Waals surface area contributed by atoms with Crippen molar-refractivity contribution in [3.05, 3.63) is 23.1 Å². The third-order valence-corrected chi connectivity index (χ3v) is 4.88. The highest BCUT2D eigenvalue weighted by molar-refractivity contribution is 5.82. The number of hydrogen-bond acceptors (Lipinski definition) is 3. The summed E-state index contributed by atoms with van der Waals surface area (Å²) in [5.74, 6) is 0.00520. The average molecular weight is 321 g/mol. The number of azide groups is 1. The minimum absolute atomic E-state index is 0.154. The molecular weight excluding hydrogens is 290 g/mol. The Labute approximate surface area is 139 Å². The van der Waals surface area contributed by atoms with E-state index in [0.29, 0.717) is 12.8 Å². The first-order valence-corrected chi connectivity index (χ1v) is 8.99. The molecule has 0 bridgehead atoms.